The maximum atomic E-state index is 5.93. The first kappa shape index (κ1) is 11.9. The van der Waals surface area contributed by atoms with Crippen LogP contribution in [-0.4, -0.2) is 19.7 Å². The standard InChI is InChI=1S/C13H12ClN5/c1-2-19-8-7-11(18-19)16-12-9-5-3-4-6-10(9)15-13(14)17-12/h3-8H,2H2,1H3,(H,15,16,17,18). The summed E-state index contributed by atoms with van der Waals surface area (Å²) < 4.78 is 1.84. The Bertz CT molecular complexity index is 722. The Kier molecular flexibility index (Phi) is 3.05. The van der Waals surface area contributed by atoms with E-state index < -0.39 is 0 Å². The van der Waals surface area contributed by atoms with Gasteiger partial charge in [-0.2, -0.15) is 10.1 Å². The third-order valence-electron chi connectivity index (χ3n) is 2.79. The highest BCUT2D eigenvalue weighted by Crippen LogP contribution is 2.24. The van der Waals surface area contributed by atoms with Gasteiger partial charge in [0.15, 0.2) is 5.82 Å². The topological polar surface area (TPSA) is 55.6 Å². The molecule has 0 fully saturated rings. The molecular weight excluding hydrogens is 262 g/mol. The van der Waals surface area contributed by atoms with Crippen LogP contribution in [0.4, 0.5) is 11.6 Å². The van der Waals surface area contributed by atoms with Crippen LogP contribution in [0.2, 0.25) is 5.28 Å². The van der Waals surface area contributed by atoms with Crippen molar-refractivity contribution in [3.05, 3.63) is 41.8 Å². The molecule has 3 aromatic rings. The summed E-state index contributed by atoms with van der Waals surface area (Å²) in [4.78, 5) is 8.41. The maximum absolute atomic E-state index is 5.93. The lowest BCUT2D eigenvalue weighted by Gasteiger charge is -2.06. The zero-order valence-electron chi connectivity index (χ0n) is 10.3. The van der Waals surface area contributed by atoms with Crippen LogP contribution < -0.4 is 5.32 Å². The van der Waals surface area contributed by atoms with Crippen LogP contribution in [0.1, 0.15) is 6.92 Å². The van der Waals surface area contributed by atoms with Crippen LogP contribution in [0.25, 0.3) is 10.9 Å². The van der Waals surface area contributed by atoms with E-state index >= 15 is 0 Å². The average Bonchev–Trinajstić information content (AvgIpc) is 2.86. The summed E-state index contributed by atoms with van der Waals surface area (Å²) in [5, 5.41) is 8.67. The third-order valence-corrected chi connectivity index (χ3v) is 2.96. The quantitative estimate of drug-likeness (QED) is 0.744. The van der Waals surface area contributed by atoms with Crippen molar-refractivity contribution in [3.63, 3.8) is 0 Å². The van der Waals surface area contributed by atoms with Gasteiger partial charge in [0.05, 0.1) is 5.52 Å². The Morgan fingerprint density at radius 1 is 1.21 bits per heavy atom. The van der Waals surface area contributed by atoms with E-state index in [1.807, 2.05) is 48.1 Å². The molecule has 0 spiro atoms. The van der Waals surface area contributed by atoms with Gasteiger partial charge in [-0.15, -0.1) is 0 Å². The van der Waals surface area contributed by atoms with Crippen molar-refractivity contribution in [1.82, 2.24) is 19.7 Å². The normalized spacial score (nSPS) is 10.8. The first-order valence-electron chi connectivity index (χ1n) is 5.99. The number of anilines is 2. The molecule has 1 aromatic carbocycles. The molecule has 0 aliphatic rings. The molecule has 0 aliphatic heterocycles. The monoisotopic (exact) mass is 273 g/mol. The van der Waals surface area contributed by atoms with Gasteiger partial charge in [0, 0.05) is 24.2 Å². The lowest BCUT2D eigenvalue weighted by molar-refractivity contribution is 0.662. The van der Waals surface area contributed by atoms with Crippen LogP contribution in [-0.2, 0) is 6.54 Å². The predicted octanol–water partition coefficient (Wildman–Crippen LogP) is 3.24. The molecule has 0 amide bonds. The number of nitrogens with zero attached hydrogens (tertiary/aromatic N) is 4. The summed E-state index contributed by atoms with van der Waals surface area (Å²) in [7, 11) is 0. The van der Waals surface area contributed by atoms with Crippen LogP contribution in [0.15, 0.2) is 36.5 Å². The molecule has 0 atom stereocenters. The van der Waals surface area contributed by atoms with Gasteiger partial charge in [-0.1, -0.05) is 12.1 Å². The van der Waals surface area contributed by atoms with E-state index in [2.05, 4.69) is 20.4 Å². The van der Waals surface area contributed by atoms with Gasteiger partial charge in [0.2, 0.25) is 5.28 Å². The Morgan fingerprint density at radius 2 is 2.05 bits per heavy atom. The molecule has 5 nitrogen and oxygen atoms in total. The first-order chi connectivity index (χ1) is 9.26. The molecule has 0 saturated heterocycles. The molecule has 0 bridgehead atoms. The number of halogens is 1. The summed E-state index contributed by atoms with van der Waals surface area (Å²) in [6, 6.07) is 9.61. The van der Waals surface area contributed by atoms with Gasteiger partial charge in [-0.3, -0.25) is 4.68 Å². The molecule has 3 rings (SSSR count). The van der Waals surface area contributed by atoms with Crippen LogP contribution in [0.5, 0.6) is 0 Å². The van der Waals surface area contributed by atoms with E-state index in [0.29, 0.717) is 5.82 Å². The largest absolute Gasteiger partial charge is 0.323 e. The van der Waals surface area contributed by atoms with Crippen molar-refractivity contribution in [2.45, 2.75) is 13.5 Å². The maximum Gasteiger partial charge on any atom is 0.224 e. The highest BCUT2D eigenvalue weighted by atomic mass is 35.5. The molecule has 0 radical (unpaired) electrons. The molecule has 0 saturated carbocycles. The summed E-state index contributed by atoms with van der Waals surface area (Å²) in [5.74, 6) is 1.40. The molecule has 1 N–H and O–H groups in total. The fourth-order valence-electron chi connectivity index (χ4n) is 1.87. The third kappa shape index (κ3) is 2.37. The fraction of sp³-hybridized carbons (Fsp3) is 0.154. The number of aromatic nitrogens is 4. The van der Waals surface area contributed by atoms with E-state index in [4.69, 9.17) is 11.6 Å². The average molecular weight is 274 g/mol. The highest BCUT2D eigenvalue weighted by molar-refractivity contribution is 6.28. The number of rotatable bonds is 3. The SMILES string of the molecule is CCn1ccc(Nc2nc(Cl)nc3ccccc23)n1. The zero-order valence-corrected chi connectivity index (χ0v) is 11.1. The van der Waals surface area contributed by atoms with Gasteiger partial charge in [0.1, 0.15) is 5.82 Å². The lowest BCUT2D eigenvalue weighted by Crippen LogP contribution is -1.99. The van der Waals surface area contributed by atoms with E-state index in [9.17, 15) is 0 Å². The second-order valence-corrected chi connectivity index (χ2v) is 4.38. The molecule has 6 heteroatoms. The molecule has 0 unspecified atom stereocenters. The van der Waals surface area contributed by atoms with Gasteiger partial charge in [-0.25, -0.2) is 4.98 Å². The summed E-state index contributed by atoms with van der Waals surface area (Å²) in [6.07, 6.45) is 1.91. The Balaban J connectivity index is 2.04. The van der Waals surface area contributed by atoms with Gasteiger partial charge in [-0.05, 0) is 30.7 Å². The second kappa shape index (κ2) is 4.85. The summed E-state index contributed by atoms with van der Waals surface area (Å²) >= 11 is 5.93. The van der Waals surface area contributed by atoms with Gasteiger partial charge in [0.25, 0.3) is 0 Å². The first-order valence-corrected chi connectivity index (χ1v) is 6.37. The van der Waals surface area contributed by atoms with Crippen molar-refractivity contribution in [2.24, 2.45) is 0 Å². The molecule has 19 heavy (non-hydrogen) atoms. The zero-order chi connectivity index (χ0) is 13.2. The summed E-state index contributed by atoms with van der Waals surface area (Å²) in [6.45, 7) is 2.86. The highest BCUT2D eigenvalue weighted by Gasteiger charge is 2.07. The minimum Gasteiger partial charge on any atom is -0.323 e. The van der Waals surface area contributed by atoms with E-state index in [-0.39, 0.29) is 5.28 Å². The van der Waals surface area contributed by atoms with Crippen molar-refractivity contribution >= 4 is 34.1 Å². The lowest BCUT2D eigenvalue weighted by atomic mass is 10.2. The Morgan fingerprint density at radius 3 is 2.84 bits per heavy atom. The molecular formula is C13H12ClN5. The van der Waals surface area contributed by atoms with E-state index in [1.54, 1.807) is 0 Å². The van der Waals surface area contributed by atoms with Crippen molar-refractivity contribution in [2.75, 3.05) is 5.32 Å². The Labute approximate surface area is 115 Å². The van der Waals surface area contributed by atoms with Crippen molar-refractivity contribution in [3.8, 4) is 0 Å². The Hall–Kier alpha value is -2.14. The fourth-order valence-corrected chi connectivity index (χ4v) is 2.04. The number of benzene rings is 1. The predicted molar refractivity (Wildman–Crippen MR) is 75.7 cm³/mol. The number of para-hydroxylation sites is 1. The number of hydrogen-bond acceptors (Lipinski definition) is 4. The van der Waals surface area contributed by atoms with Crippen LogP contribution in [0, 0.1) is 0 Å². The number of fused-ring (bicyclic) bond motifs is 1. The van der Waals surface area contributed by atoms with Gasteiger partial charge < -0.3 is 5.32 Å². The minimum atomic E-state index is 0.219. The molecule has 2 aromatic heterocycles. The van der Waals surface area contributed by atoms with Gasteiger partial charge >= 0.3 is 0 Å². The number of nitrogens with one attached hydrogen (secondary N) is 1. The van der Waals surface area contributed by atoms with E-state index in [1.165, 1.54) is 0 Å². The van der Waals surface area contributed by atoms with Crippen molar-refractivity contribution < 1.29 is 0 Å². The van der Waals surface area contributed by atoms with Crippen LogP contribution in [0.3, 0.4) is 0 Å². The van der Waals surface area contributed by atoms with E-state index in [0.717, 1.165) is 23.3 Å². The molecule has 2 heterocycles. The van der Waals surface area contributed by atoms with Crippen molar-refractivity contribution in [1.29, 1.82) is 0 Å². The molecule has 0 aliphatic carbocycles. The smallest absolute Gasteiger partial charge is 0.224 e. The molecule has 96 valence electrons. The number of aryl methyl sites for hydroxylation is 1. The summed E-state index contributed by atoms with van der Waals surface area (Å²) in [5.41, 5.74) is 0.805. The second-order valence-electron chi connectivity index (χ2n) is 4.04. The van der Waals surface area contributed by atoms with Crippen LogP contribution >= 0.6 is 11.6 Å². The number of hydrogen-bond donors (Lipinski definition) is 1. The minimum absolute atomic E-state index is 0.219.